The molecular formula is C19H18ClN3O2S. The fourth-order valence-electron chi connectivity index (χ4n) is 3.32. The highest BCUT2D eigenvalue weighted by Gasteiger charge is 2.35. The monoisotopic (exact) mass is 387 g/mol. The van der Waals surface area contributed by atoms with Gasteiger partial charge >= 0.3 is 0 Å². The maximum atomic E-state index is 13.1. The number of morpholine rings is 1. The van der Waals surface area contributed by atoms with Gasteiger partial charge in [-0.15, -0.1) is 0 Å². The maximum absolute atomic E-state index is 13.1. The van der Waals surface area contributed by atoms with Gasteiger partial charge in [-0.2, -0.15) is 0 Å². The molecule has 5 nitrogen and oxygen atoms in total. The first kappa shape index (κ1) is 17.4. The first-order valence-corrected chi connectivity index (χ1v) is 9.31. The Balaban J connectivity index is 1.58. The lowest BCUT2D eigenvalue weighted by Crippen LogP contribution is -2.46. The number of carbonyl (C=O) groups is 1. The molecule has 2 heterocycles. The molecule has 134 valence electrons. The number of allylic oxidation sites excluding steroid dienone is 2. The first-order valence-electron chi connectivity index (χ1n) is 8.53. The molecule has 4 rings (SSSR count). The van der Waals surface area contributed by atoms with E-state index in [0.29, 0.717) is 35.6 Å². The van der Waals surface area contributed by atoms with E-state index in [4.69, 9.17) is 28.6 Å². The molecule has 1 unspecified atom stereocenters. The lowest BCUT2D eigenvalue weighted by molar-refractivity contribution is -0.129. The van der Waals surface area contributed by atoms with Crippen LogP contribution in [0.25, 0.3) is 0 Å². The standard InChI is InChI=1S/C19H18ClN3O2S/c20-14-3-1-2-13(10-14)12-23-18(24)16-11-15(22-6-8-25-9-7-22)4-5-17(16)21-19(23)26/h1-5,10-11,16H,6-9,12H2. The number of hydrogen-bond acceptors (Lipinski definition) is 4. The van der Waals surface area contributed by atoms with E-state index in [2.05, 4.69) is 9.89 Å². The highest BCUT2D eigenvalue weighted by atomic mass is 35.5. The molecule has 0 N–H and O–H groups in total. The number of nitrogens with zero attached hydrogens (tertiary/aromatic N) is 3. The number of benzene rings is 1. The van der Waals surface area contributed by atoms with Gasteiger partial charge in [-0.25, -0.2) is 4.99 Å². The van der Waals surface area contributed by atoms with Crippen LogP contribution in [-0.4, -0.2) is 52.8 Å². The summed E-state index contributed by atoms with van der Waals surface area (Å²) in [6.45, 7) is 3.43. The molecule has 2 aliphatic heterocycles. The maximum Gasteiger partial charge on any atom is 0.242 e. The molecular weight excluding hydrogens is 370 g/mol. The van der Waals surface area contributed by atoms with Crippen LogP contribution in [-0.2, 0) is 16.1 Å². The molecule has 1 atom stereocenters. The van der Waals surface area contributed by atoms with Gasteiger partial charge in [0.05, 0.1) is 25.5 Å². The lowest BCUT2D eigenvalue weighted by Gasteiger charge is -2.35. The minimum absolute atomic E-state index is 0.0462. The Hall–Kier alpha value is -2.02. The first-order chi connectivity index (χ1) is 12.6. The Morgan fingerprint density at radius 3 is 2.85 bits per heavy atom. The van der Waals surface area contributed by atoms with Gasteiger partial charge in [-0.05, 0) is 48.1 Å². The van der Waals surface area contributed by atoms with Crippen LogP contribution in [0.15, 0.2) is 53.2 Å². The average molecular weight is 388 g/mol. The van der Waals surface area contributed by atoms with E-state index in [1.807, 2.05) is 36.4 Å². The molecule has 1 aliphatic carbocycles. The van der Waals surface area contributed by atoms with Crippen LogP contribution in [0.4, 0.5) is 0 Å². The number of amides is 1. The number of fused-ring (bicyclic) bond motifs is 1. The average Bonchev–Trinajstić information content (AvgIpc) is 2.66. The molecule has 0 bridgehead atoms. The van der Waals surface area contributed by atoms with Crippen molar-refractivity contribution < 1.29 is 9.53 Å². The number of carbonyl (C=O) groups excluding carboxylic acids is 1. The Labute approximate surface area is 162 Å². The fraction of sp³-hybridized carbons (Fsp3) is 0.316. The van der Waals surface area contributed by atoms with Gasteiger partial charge in [0.25, 0.3) is 0 Å². The summed E-state index contributed by atoms with van der Waals surface area (Å²) in [5.74, 6) is -0.446. The van der Waals surface area contributed by atoms with Crippen molar-refractivity contribution >= 4 is 40.6 Å². The molecule has 0 aromatic heterocycles. The van der Waals surface area contributed by atoms with Crippen LogP contribution in [0, 0.1) is 5.92 Å². The molecule has 0 radical (unpaired) electrons. The summed E-state index contributed by atoms with van der Waals surface area (Å²) in [4.78, 5) is 21.4. The summed E-state index contributed by atoms with van der Waals surface area (Å²) in [6, 6.07) is 7.44. The fourth-order valence-corrected chi connectivity index (χ4v) is 3.79. The number of halogens is 1. The summed E-state index contributed by atoms with van der Waals surface area (Å²) in [5.41, 5.74) is 2.68. The number of thiocarbonyl (C=S) groups is 1. The smallest absolute Gasteiger partial charge is 0.242 e. The van der Waals surface area contributed by atoms with E-state index < -0.39 is 5.92 Å². The molecule has 1 saturated heterocycles. The normalized spacial score (nSPS) is 22.9. The Bertz CT molecular complexity index is 843. The second-order valence-electron chi connectivity index (χ2n) is 6.38. The zero-order valence-corrected chi connectivity index (χ0v) is 15.7. The molecule has 1 amide bonds. The van der Waals surface area contributed by atoms with Gasteiger partial charge in [0.1, 0.15) is 5.92 Å². The van der Waals surface area contributed by atoms with Crippen LogP contribution in [0.1, 0.15) is 5.56 Å². The molecule has 1 aromatic rings. The summed E-state index contributed by atoms with van der Waals surface area (Å²) < 4.78 is 5.41. The van der Waals surface area contributed by atoms with Crippen LogP contribution in [0.3, 0.4) is 0 Å². The number of ether oxygens (including phenoxy) is 1. The molecule has 1 fully saturated rings. The zero-order chi connectivity index (χ0) is 18.1. The molecule has 7 heteroatoms. The summed E-state index contributed by atoms with van der Waals surface area (Å²) in [6.07, 6.45) is 5.89. The van der Waals surface area contributed by atoms with E-state index in [9.17, 15) is 4.79 Å². The van der Waals surface area contributed by atoms with Gasteiger partial charge in [-0.1, -0.05) is 23.7 Å². The van der Waals surface area contributed by atoms with Gasteiger partial charge in [0, 0.05) is 23.8 Å². The number of rotatable bonds is 3. The van der Waals surface area contributed by atoms with E-state index in [1.165, 1.54) is 0 Å². The minimum atomic E-state index is -0.399. The van der Waals surface area contributed by atoms with Crippen molar-refractivity contribution in [1.82, 2.24) is 9.80 Å². The SMILES string of the molecule is O=C1C2C=C(N3CCOCC3)C=CC2=NC(=S)N1Cc1cccc(Cl)c1. The highest BCUT2D eigenvalue weighted by molar-refractivity contribution is 7.80. The third-order valence-electron chi connectivity index (χ3n) is 4.67. The lowest BCUT2D eigenvalue weighted by atomic mass is 9.93. The van der Waals surface area contributed by atoms with Gasteiger partial charge in [-0.3, -0.25) is 9.69 Å². The third-order valence-corrected chi connectivity index (χ3v) is 5.22. The summed E-state index contributed by atoms with van der Waals surface area (Å²) in [5, 5.41) is 0.936. The van der Waals surface area contributed by atoms with E-state index in [0.717, 1.165) is 24.4 Å². The molecule has 1 aromatic carbocycles. The van der Waals surface area contributed by atoms with E-state index in [-0.39, 0.29) is 5.91 Å². The summed E-state index contributed by atoms with van der Waals surface area (Å²) in [7, 11) is 0. The van der Waals surface area contributed by atoms with Gasteiger partial charge < -0.3 is 9.64 Å². The number of hydrogen-bond donors (Lipinski definition) is 0. The van der Waals surface area contributed by atoms with Crippen molar-refractivity contribution in [3.8, 4) is 0 Å². The molecule has 26 heavy (non-hydrogen) atoms. The van der Waals surface area contributed by atoms with Crippen molar-refractivity contribution in [2.75, 3.05) is 26.3 Å². The largest absolute Gasteiger partial charge is 0.378 e. The Morgan fingerprint density at radius 2 is 2.08 bits per heavy atom. The Morgan fingerprint density at radius 1 is 1.27 bits per heavy atom. The molecule has 0 saturated carbocycles. The molecule has 0 spiro atoms. The second kappa shape index (κ2) is 7.31. The predicted octanol–water partition coefficient (Wildman–Crippen LogP) is 2.81. The van der Waals surface area contributed by atoms with E-state index in [1.54, 1.807) is 11.0 Å². The minimum Gasteiger partial charge on any atom is -0.378 e. The van der Waals surface area contributed by atoms with E-state index >= 15 is 0 Å². The van der Waals surface area contributed by atoms with Crippen molar-refractivity contribution in [2.24, 2.45) is 10.9 Å². The van der Waals surface area contributed by atoms with Crippen LogP contribution >= 0.6 is 23.8 Å². The van der Waals surface area contributed by atoms with Crippen molar-refractivity contribution in [2.45, 2.75) is 6.54 Å². The number of aliphatic imine (C=N–C) groups is 1. The molecule has 3 aliphatic rings. The predicted molar refractivity (Wildman–Crippen MR) is 105 cm³/mol. The zero-order valence-electron chi connectivity index (χ0n) is 14.1. The Kier molecular flexibility index (Phi) is 4.89. The highest BCUT2D eigenvalue weighted by Crippen LogP contribution is 2.26. The second-order valence-corrected chi connectivity index (χ2v) is 7.18. The quantitative estimate of drug-likeness (QED) is 0.748. The van der Waals surface area contributed by atoms with Crippen LogP contribution in [0.5, 0.6) is 0 Å². The van der Waals surface area contributed by atoms with Crippen LogP contribution < -0.4 is 0 Å². The van der Waals surface area contributed by atoms with Gasteiger partial charge in [0.2, 0.25) is 11.0 Å². The summed E-state index contributed by atoms with van der Waals surface area (Å²) >= 11 is 11.4. The topological polar surface area (TPSA) is 45.1 Å². The van der Waals surface area contributed by atoms with Crippen molar-refractivity contribution in [1.29, 1.82) is 0 Å². The third kappa shape index (κ3) is 3.45. The van der Waals surface area contributed by atoms with Crippen molar-refractivity contribution in [3.05, 3.63) is 58.8 Å². The van der Waals surface area contributed by atoms with Crippen LogP contribution in [0.2, 0.25) is 5.02 Å². The van der Waals surface area contributed by atoms with Crippen molar-refractivity contribution in [3.63, 3.8) is 0 Å². The van der Waals surface area contributed by atoms with Gasteiger partial charge in [0.15, 0.2) is 0 Å².